The van der Waals surface area contributed by atoms with Gasteiger partial charge in [-0.25, -0.2) is 9.37 Å². The van der Waals surface area contributed by atoms with Gasteiger partial charge in [-0.05, 0) is 36.2 Å². The second-order valence-electron chi connectivity index (χ2n) is 6.17. The number of ether oxygens (including phenoxy) is 1. The fraction of sp³-hybridized carbons (Fsp3) is 0.190. The number of carbonyl (C=O) groups excluding carboxylic acids is 1. The fourth-order valence-electron chi connectivity index (χ4n) is 2.71. The van der Waals surface area contributed by atoms with E-state index in [9.17, 15) is 14.0 Å². The number of benzene rings is 2. The van der Waals surface area contributed by atoms with Gasteiger partial charge in [0.1, 0.15) is 18.1 Å². The molecule has 28 heavy (non-hydrogen) atoms. The molecule has 0 unspecified atom stereocenters. The maximum atomic E-state index is 13.8. The molecule has 7 heteroatoms. The van der Waals surface area contributed by atoms with E-state index in [1.165, 1.54) is 23.0 Å². The van der Waals surface area contributed by atoms with Crippen molar-refractivity contribution in [2.24, 2.45) is 0 Å². The lowest BCUT2D eigenvalue weighted by Crippen LogP contribution is -2.33. The highest BCUT2D eigenvalue weighted by molar-refractivity contribution is 5.75. The molecule has 0 aliphatic rings. The van der Waals surface area contributed by atoms with Crippen molar-refractivity contribution in [2.75, 3.05) is 13.7 Å². The molecule has 144 valence electrons. The van der Waals surface area contributed by atoms with Crippen molar-refractivity contribution in [2.45, 2.75) is 13.0 Å². The molecule has 1 heterocycles. The minimum atomic E-state index is -0.455. The van der Waals surface area contributed by atoms with Crippen LogP contribution in [0.25, 0.3) is 11.3 Å². The van der Waals surface area contributed by atoms with E-state index in [1.54, 1.807) is 25.3 Å². The normalized spacial score (nSPS) is 10.5. The summed E-state index contributed by atoms with van der Waals surface area (Å²) < 4.78 is 20.1. The molecule has 6 nitrogen and oxygen atoms in total. The number of amides is 1. The van der Waals surface area contributed by atoms with Crippen molar-refractivity contribution >= 4 is 5.91 Å². The molecule has 1 aromatic heterocycles. The Balaban J connectivity index is 1.56. The first-order chi connectivity index (χ1) is 13.6. The number of nitrogens with zero attached hydrogens (tertiary/aromatic N) is 2. The van der Waals surface area contributed by atoms with Crippen LogP contribution in [0.2, 0.25) is 0 Å². The van der Waals surface area contributed by atoms with Gasteiger partial charge in [-0.2, -0.15) is 0 Å². The highest BCUT2D eigenvalue weighted by Gasteiger charge is 2.09. The Morgan fingerprint density at radius 2 is 1.93 bits per heavy atom. The molecule has 0 radical (unpaired) electrons. The lowest BCUT2D eigenvalue weighted by Gasteiger charge is -2.09. The zero-order chi connectivity index (χ0) is 19.9. The number of hydrogen-bond acceptors (Lipinski definition) is 4. The Kier molecular flexibility index (Phi) is 6.16. The molecule has 0 spiro atoms. The monoisotopic (exact) mass is 381 g/mol. The van der Waals surface area contributed by atoms with Crippen molar-refractivity contribution in [1.29, 1.82) is 0 Å². The molecule has 0 saturated heterocycles. The van der Waals surface area contributed by atoms with E-state index in [0.29, 0.717) is 13.0 Å². The summed E-state index contributed by atoms with van der Waals surface area (Å²) in [6.07, 6.45) is 1.92. The Morgan fingerprint density at radius 3 is 2.61 bits per heavy atom. The number of nitrogens with one attached hydrogen (secondary N) is 1. The van der Waals surface area contributed by atoms with Crippen LogP contribution in [0.5, 0.6) is 5.75 Å². The molecule has 0 fully saturated rings. The van der Waals surface area contributed by atoms with Crippen molar-refractivity contribution in [3.8, 4) is 17.0 Å². The van der Waals surface area contributed by atoms with Gasteiger partial charge in [0.05, 0.1) is 19.1 Å². The lowest BCUT2D eigenvalue weighted by molar-refractivity contribution is -0.121. The maximum Gasteiger partial charge on any atom is 0.254 e. The van der Waals surface area contributed by atoms with E-state index in [2.05, 4.69) is 10.3 Å². The van der Waals surface area contributed by atoms with Gasteiger partial charge in [0, 0.05) is 18.2 Å². The summed E-state index contributed by atoms with van der Waals surface area (Å²) in [5.41, 5.74) is 1.13. The molecule has 0 atom stereocenters. The highest BCUT2D eigenvalue weighted by atomic mass is 19.1. The predicted octanol–water partition coefficient (Wildman–Crippen LogP) is 2.42. The van der Waals surface area contributed by atoms with E-state index in [1.807, 2.05) is 24.3 Å². The van der Waals surface area contributed by atoms with E-state index in [4.69, 9.17) is 4.74 Å². The minimum absolute atomic E-state index is 0.147. The molecular formula is C21H20FN3O3. The highest BCUT2D eigenvalue weighted by Crippen LogP contribution is 2.18. The molecule has 0 aliphatic carbocycles. The van der Waals surface area contributed by atoms with Crippen LogP contribution >= 0.6 is 0 Å². The first kappa shape index (κ1) is 19.3. The topological polar surface area (TPSA) is 73.2 Å². The molecule has 3 aromatic rings. The Bertz CT molecular complexity index is 1020. The summed E-state index contributed by atoms with van der Waals surface area (Å²) in [5, 5.41) is 2.77. The predicted molar refractivity (Wildman–Crippen MR) is 104 cm³/mol. The lowest BCUT2D eigenvalue weighted by atomic mass is 10.1. The summed E-state index contributed by atoms with van der Waals surface area (Å²) in [6.45, 7) is 0.298. The molecule has 1 N–H and O–H groups in total. The molecule has 3 rings (SSSR count). The number of hydrogen-bond donors (Lipinski definition) is 1. The van der Waals surface area contributed by atoms with Gasteiger partial charge in [-0.1, -0.05) is 24.3 Å². The van der Waals surface area contributed by atoms with Crippen LogP contribution in [-0.4, -0.2) is 29.1 Å². The second kappa shape index (κ2) is 8.94. The van der Waals surface area contributed by atoms with Crippen molar-refractivity contribution in [3.05, 3.63) is 82.7 Å². The first-order valence-electron chi connectivity index (χ1n) is 8.78. The maximum absolute atomic E-state index is 13.8. The average molecular weight is 381 g/mol. The molecule has 0 aliphatic heterocycles. The summed E-state index contributed by atoms with van der Waals surface area (Å²) in [5.74, 6) is 0.0259. The summed E-state index contributed by atoms with van der Waals surface area (Å²) >= 11 is 0. The molecule has 0 saturated carbocycles. The summed E-state index contributed by atoms with van der Waals surface area (Å²) in [4.78, 5) is 28.4. The SMILES string of the molecule is COc1ccc(CCNC(=O)Cn2cnc(-c3ccccc3F)cc2=O)cc1. The third-order valence-electron chi connectivity index (χ3n) is 4.24. The summed E-state index contributed by atoms with van der Waals surface area (Å²) in [6, 6.07) is 14.9. The average Bonchev–Trinajstić information content (AvgIpc) is 2.70. The Morgan fingerprint density at radius 1 is 1.18 bits per heavy atom. The first-order valence-corrected chi connectivity index (χ1v) is 8.78. The van der Waals surface area contributed by atoms with Gasteiger partial charge in [0.25, 0.3) is 5.56 Å². The van der Waals surface area contributed by atoms with E-state index in [-0.39, 0.29) is 23.7 Å². The van der Waals surface area contributed by atoms with Crippen LogP contribution in [0.1, 0.15) is 5.56 Å². The van der Waals surface area contributed by atoms with E-state index < -0.39 is 11.4 Å². The number of aromatic nitrogens is 2. The Hall–Kier alpha value is -3.48. The van der Waals surface area contributed by atoms with Gasteiger partial charge in [0.2, 0.25) is 5.91 Å². The molecule has 1 amide bonds. The van der Waals surface area contributed by atoms with E-state index in [0.717, 1.165) is 11.3 Å². The number of methoxy groups -OCH3 is 1. The smallest absolute Gasteiger partial charge is 0.254 e. The third kappa shape index (κ3) is 4.82. The minimum Gasteiger partial charge on any atom is -0.497 e. The fourth-order valence-corrected chi connectivity index (χ4v) is 2.71. The van der Waals surface area contributed by atoms with Crippen LogP contribution < -0.4 is 15.6 Å². The van der Waals surface area contributed by atoms with Gasteiger partial charge < -0.3 is 10.1 Å². The molecule has 0 bridgehead atoms. The van der Waals surface area contributed by atoms with E-state index >= 15 is 0 Å². The summed E-state index contributed by atoms with van der Waals surface area (Å²) in [7, 11) is 1.61. The van der Waals surface area contributed by atoms with Crippen molar-refractivity contribution < 1.29 is 13.9 Å². The zero-order valence-corrected chi connectivity index (χ0v) is 15.4. The molecule has 2 aromatic carbocycles. The number of halogens is 1. The second-order valence-corrected chi connectivity index (χ2v) is 6.17. The quantitative estimate of drug-likeness (QED) is 0.682. The van der Waals surface area contributed by atoms with Crippen LogP contribution in [0.3, 0.4) is 0 Å². The number of carbonyl (C=O) groups is 1. The van der Waals surface area contributed by atoms with Crippen molar-refractivity contribution in [3.63, 3.8) is 0 Å². The molecular weight excluding hydrogens is 361 g/mol. The van der Waals surface area contributed by atoms with Gasteiger partial charge in [-0.3, -0.25) is 14.2 Å². The standard InChI is InChI=1S/C21H20FN3O3/c1-28-16-8-6-15(7-9-16)10-11-23-20(26)13-25-14-24-19(12-21(25)27)17-4-2-3-5-18(17)22/h2-9,12,14H,10-11,13H2,1H3,(H,23,26). The van der Waals surface area contributed by atoms with Gasteiger partial charge in [0.15, 0.2) is 0 Å². The number of rotatable bonds is 7. The van der Waals surface area contributed by atoms with Crippen LogP contribution in [0.15, 0.2) is 65.7 Å². The van der Waals surface area contributed by atoms with Crippen LogP contribution in [0.4, 0.5) is 4.39 Å². The van der Waals surface area contributed by atoms with Gasteiger partial charge >= 0.3 is 0 Å². The van der Waals surface area contributed by atoms with Crippen LogP contribution in [0, 0.1) is 5.82 Å². The van der Waals surface area contributed by atoms with Gasteiger partial charge in [-0.15, -0.1) is 0 Å². The zero-order valence-electron chi connectivity index (χ0n) is 15.4. The Labute approximate surface area is 161 Å². The van der Waals surface area contributed by atoms with Crippen LogP contribution in [-0.2, 0) is 17.8 Å². The third-order valence-corrected chi connectivity index (χ3v) is 4.24. The largest absolute Gasteiger partial charge is 0.497 e. The van der Waals surface area contributed by atoms with Crippen molar-refractivity contribution in [1.82, 2.24) is 14.9 Å².